The summed E-state index contributed by atoms with van der Waals surface area (Å²) in [6.07, 6.45) is 1.32. The van der Waals surface area contributed by atoms with E-state index in [0.717, 1.165) is 14.8 Å². The predicted octanol–water partition coefficient (Wildman–Crippen LogP) is 2.71. The smallest absolute Gasteiger partial charge is 0.267 e. The molecular formula is C17H15IN4O3S. The first-order chi connectivity index (χ1) is 12.2. The van der Waals surface area contributed by atoms with Gasteiger partial charge in [-0.2, -0.15) is 5.26 Å². The molecule has 9 heteroatoms. The first-order valence-electron chi connectivity index (χ1n) is 7.28. The monoisotopic (exact) mass is 482 g/mol. The van der Waals surface area contributed by atoms with Crippen LogP contribution in [-0.2, 0) is 14.8 Å². The minimum atomic E-state index is -3.80. The number of sulfonamides is 1. The summed E-state index contributed by atoms with van der Waals surface area (Å²) >= 11 is 2.20. The van der Waals surface area contributed by atoms with Gasteiger partial charge in [-0.3, -0.25) is 4.79 Å². The number of anilines is 2. The van der Waals surface area contributed by atoms with Gasteiger partial charge in [0.25, 0.3) is 5.91 Å². The Bertz CT molecular complexity index is 1010. The quantitative estimate of drug-likeness (QED) is 0.344. The lowest BCUT2D eigenvalue weighted by Gasteiger charge is -2.08. The van der Waals surface area contributed by atoms with E-state index in [1.54, 1.807) is 0 Å². The van der Waals surface area contributed by atoms with E-state index >= 15 is 0 Å². The van der Waals surface area contributed by atoms with E-state index in [0.29, 0.717) is 5.69 Å². The topological polar surface area (TPSA) is 125 Å². The highest BCUT2D eigenvalue weighted by Gasteiger charge is 2.11. The van der Waals surface area contributed by atoms with Crippen molar-refractivity contribution in [1.82, 2.24) is 0 Å². The number of nitrogens with two attached hydrogens (primary N) is 1. The second-order valence-corrected chi connectivity index (χ2v) is 8.10. The Morgan fingerprint density at radius 1 is 1.23 bits per heavy atom. The summed E-state index contributed by atoms with van der Waals surface area (Å²) in [5.41, 5.74) is 1.97. The van der Waals surface area contributed by atoms with Crippen LogP contribution in [0.25, 0.3) is 0 Å². The summed E-state index contributed by atoms with van der Waals surface area (Å²) < 4.78 is 23.5. The van der Waals surface area contributed by atoms with E-state index in [1.165, 1.54) is 30.5 Å². The minimum Gasteiger partial charge on any atom is -0.360 e. The number of benzene rings is 2. The molecule has 1 amide bonds. The average molecular weight is 482 g/mol. The highest BCUT2D eigenvalue weighted by molar-refractivity contribution is 14.1. The molecule has 2 rings (SSSR count). The zero-order valence-corrected chi connectivity index (χ0v) is 16.6. The largest absolute Gasteiger partial charge is 0.360 e. The van der Waals surface area contributed by atoms with Crippen LogP contribution in [0.1, 0.15) is 5.56 Å². The summed E-state index contributed by atoms with van der Waals surface area (Å²) in [5.74, 6) is -0.619. The molecule has 134 valence electrons. The molecule has 0 unspecified atom stereocenters. The van der Waals surface area contributed by atoms with Gasteiger partial charge in [-0.05, 0) is 77.5 Å². The summed E-state index contributed by atoms with van der Waals surface area (Å²) in [6.45, 7) is 1.91. The SMILES string of the molecule is Cc1cc(I)ccc1N/C=C(/C#N)C(=O)Nc1ccc(S(N)(=O)=O)cc1. The van der Waals surface area contributed by atoms with Crippen molar-refractivity contribution >= 4 is 49.9 Å². The molecule has 0 fully saturated rings. The maximum atomic E-state index is 12.2. The van der Waals surface area contributed by atoms with Crippen LogP contribution >= 0.6 is 22.6 Å². The molecule has 0 bridgehead atoms. The van der Waals surface area contributed by atoms with Crippen LogP contribution in [0.5, 0.6) is 0 Å². The van der Waals surface area contributed by atoms with Crippen molar-refractivity contribution in [1.29, 1.82) is 5.26 Å². The first kappa shape index (κ1) is 19.9. The fourth-order valence-corrected chi connectivity index (χ4v) is 3.18. The van der Waals surface area contributed by atoms with Crippen LogP contribution in [0, 0.1) is 21.8 Å². The average Bonchev–Trinajstić information content (AvgIpc) is 2.56. The maximum absolute atomic E-state index is 12.2. The van der Waals surface area contributed by atoms with Crippen molar-refractivity contribution in [3.05, 3.63) is 63.4 Å². The van der Waals surface area contributed by atoms with Gasteiger partial charge < -0.3 is 10.6 Å². The van der Waals surface area contributed by atoms with Crippen molar-refractivity contribution < 1.29 is 13.2 Å². The molecule has 2 aromatic carbocycles. The van der Waals surface area contributed by atoms with Gasteiger partial charge in [-0.15, -0.1) is 0 Å². The Hall–Kier alpha value is -2.42. The van der Waals surface area contributed by atoms with Gasteiger partial charge in [0.05, 0.1) is 4.90 Å². The Morgan fingerprint density at radius 2 is 1.88 bits per heavy atom. The molecule has 0 aliphatic carbocycles. The van der Waals surface area contributed by atoms with Crippen molar-refractivity contribution in [2.75, 3.05) is 10.6 Å². The van der Waals surface area contributed by atoms with Gasteiger partial charge in [-0.25, -0.2) is 13.6 Å². The van der Waals surface area contributed by atoms with Crippen molar-refractivity contribution in [3.63, 3.8) is 0 Å². The number of nitrogens with zero attached hydrogens (tertiary/aromatic N) is 1. The number of rotatable bonds is 5. The molecule has 0 saturated carbocycles. The van der Waals surface area contributed by atoms with Gasteiger partial charge in [0.2, 0.25) is 10.0 Å². The molecular weight excluding hydrogens is 467 g/mol. The fourth-order valence-electron chi connectivity index (χ4n) is 2.01. The molecule has 2 aromatic rings. The summed E-state index contributed by atoms with van der Waals surface area (Å²) in [6, 6.07) is 12.9. The zero-order chi connectivity index (χ0) is 19.3. The number of hydrogen-bond acceptors (Lipinski definition) is 5. The Morgan fingerprint density at radius 3 is 2.42 bits per heavy atom. The molecule has 0 spiro atoms. The summed E-state index contributed by atoms with van der Waals surface area (Å²) in [7, 11) is -3.80. The van der Waals surface area contributed by atoms with Crippen molar-refractivity contribution in [2.24, 2.45) is 5.14 Å². The molecule has 0 atom stereocenters. The number of amides is 1. The first-order valence-corrected chi connectivity index (χ1v) is 9.90. The molecule has 0 aliphatic rings. The lowest BCUT2D eigenvalue weighted by atomic mass is 10.2. The van der Waals surface area contributed by atoms with Crippen LogP contribution in [0.15, 0.2) is 59.1 Å². The van der Waals surface area contributed by atoms with Crippen LogP contribution in [0.4, 0.5) is 11.4 Å². The fraction of sp³-hybridized carbons (Fsp3) is 0.0588. The van der Waals surface area contributed by atoms with Crippen LogP contribution < -0.4 is 15.8 Å². The van der Waals surface area contributed by atoms with Crippen LogP contribution in [0.2, 0.25) is 0 Å². The third-order valence-corrected chi connectivity index (χ3v) is 4.97. The molecule has 7 nitrogen and oxygen atoms in total. The molecule has 0 aliphatic heterocycles. The number of halogens is 1. The second kappa shape index (κ2) is 8.31. The standard InChI is InChI=1S/C17H15IN4O3S/c1-11-8-13(18)2-7-16(11)21-10-12(9-19)17(23)22-14-3-5-15(6-4-14)26(20,24)25/h2-8,10,21H,1H3,(H,22,23)(H2,20,24,25)/b12-10-. The highest BCUT2D eigenvalue weighted by Crippen LogP contribution is 2.18. The van der Waals surface area contributed by atoms with E-state index in [4.69, 9.17) is 5.14 Å². The predicted molar refractivity (Wildman–Crippen MR) is 108 cm³/mol. The van der Waals surface area contributed by atoms with Gasteiger partial charge in [0.15, 0.2) is 0 Å². The zero-order valence-electron chi connectivity index (χ0n) is 13.7. The minimum absolute atomic E-state index is 0.0672. The maximum Gasteiger partial charge on any atom is 0.267 e. The number of hydrogen-bond donors (Lipinski definition) is 3. The van der Waals surface area contributed by atoms with Crippen LogP contribution in [-0.4, -0.2) is 14.3 Å². The van der Waals surface area contributed by atoms with E-state index in [9.17, 15) is 18.5 Å². The van der Waals surface area contributed by atoms with Gasteiger partial charge >= 0.3 is 0 Å². The normalized spacial score (nSPS) is 11.5. The van der Waals surface area contributed by atoms with E-state index in [-0.39, 0.29) is 10.5 Å². The lowest BCUT2D eigenvalue weighted by Crippen LogP contribution is -2.15. The number of nitriles is 1. The number of carbonyl (C=O) groups excluding carboxylic acids is 1. The van der Waals surface area contributed by atoms with E-state index < -0.39 is 15.9 Å². The molecule has 26 heavy (non-hydrogen) atoms. The number of aryl methyl sites for hydroxylation is 1. The van der Waals surface area contributed by atoms with Gasteiger partial charge in [0.1, 0.15) is 11.6 Å². The second-order valence-electron chi connectivity index (χ2n) is 5.30. The summed E-state index contributed by atoms with van der Waals surface area (Å²) in [5, 5.41) is 19.7. The van der Waals surface area contributed by atoms with E-state index in [2.05, 4.69) is 33.2 Å². The molecule has 0 aromatic heterocycles. The highest BCUT2D eigenvalue weighted by atomic mass is 127. The third-order valence-electron chi connectivity index (χ3n) is 3.37. The van der Waals surface area contributed by atoms with Gasteiger partial charge in [-0.1, -0.05) is 0 Å². The molecule has 0 radical (unpaired) electrons. The van der Waals surface area contributed by atoms with Crippen LogP contribution in [0.3, 0.4) is 0 Å². The van der Waals surface area contributed by atoms with Crippen molar-refractivity contribution in [2.45, 2.75) is 11.8 Å². The van der Waals surface area contributed by atoms with E-state index in [1.807, 2.05) is 31.2 Å². The lowest BCUT2D eigenvalue weighted by molar-refractivity contribution is -0.112. The number of nitrogens with one attached hydrogen (secondary N) is 2. The Labute approximate surface area is 165 Å². The number of carbonyl (C=O) groups is 1. The Balaban J connectivity index is 2.12. The summed E-state index contributed by atoms with van der Waals surface area (Å²) in [4.78, 5) is 12.1. The third kappa shape index (κ3) is 5.29. The van der Waals surface area contributed by atoms with Gasteiger partial charge in [0, 0.05) is 21.1 Å². The number of primary sulfonamides is 1. The molecule has 0 saturated heterocycles. The molecule has 0 heterocycles. The van der Waals surface area contributed by atoms with Crippen molar-refractivity contribution in [3.8, 4) is 6.07 Å². The Kier molecular flexibility index (Phi) is 6.36. The molecule has 4 N–H and O–H groups in total.